The number of aryl methyl sites for hydroxylation is 1. The summed E-state index contributed by atoms with van der Waals surface area (Å²) in [6.45, 7) is 2.06. The lowest BCUT2D eigenvalue weighted by atomic mass is 9.71. The normalized spacial score (nSPS) is 24.4. The van der Waals surface area contributed by atoms with Crippen LogP contribution in [0.15, 0.2) is 73.1 Å². The first kappa shape index (κ1) is 25.5. The number of ether oxygens (including phenoxy) is 1. The number of carbonyl (C=O) groups excluding carboxylic acids is 2. The molecule has 10 nitrogen and oxygen atoms in total. The first-order valence-corrected chi connectivity index (χ1v) is 11.6. The Hall–Kier alpha value is -3.57. The van der Waals surface area contributed by atoms with E-state index < -0.39 is 47.9 Å². The number of hydrogen-bond donors (Lipinski definition) is 4. The summed E-state index contributed by atoms with van der Waals surface area (Å²) >= 11 is 0. The van der Waals surface area contributed by atoms with Crippen molar-refractivity contribution in [1.29, 1.82) is 0 Å². The molecule has 10 heteroatoms. The molecule has 5 N–H and O–H groups in total. The molecule has 0 bridgehead atoms. The average Bonchev–Trinajstić information content (AvgIpc) is 3.24. The molecule has 1 aromatic heterocycles. The monoisotopic (exact) mass is 495 g/mol. The number of nitrogens with two attached hydrogens (primary N) is 1. The number of aliphatic hydroxyl groups excluding tert-OH is 3. The largest absolute Gasteiger partial charge is 0.547 e. The summed E-state index contributed by atoms with van der Waals surface area (Å²) in [7, 11) is 0. The first-order valence-electron chi connectivity index (χ1n) is 11.6. The number of aliphatic carboxylic acids is 1. The number of primary amides is 1. The van der Waals surface area contributed by atoms with Crippen molar-refractivity contribution in [2.45, 2.75) is 55.9 Å². The number of aromatic nitrogens is 2. The van der Waals surface area contributed by atoms with Crippen molar-refractivity contribution in [2.24, 2.45) is 5.73 Å². The maximum Gasteiger partial charge on any atom is 0.255 e. The quantitative estimate of drug-likeness (QED) is 0.282. The molecule has 0 saturated carbocycles. The Morgan fingerprint density at radius 3 is 2.06 bits per heavy atom. The molecule has 4 rings (SSSR count). The fourth-order valence-corrected chi connectivity index (χ4v) is 4.90. The van der Waals surface area contributed by atoms with Gasteiger partial charge in [-0.25, -0.2) is 9.13 Å². The van der Waals surface area contributed by atoms with Crippen LogP contribution in [0.4, 0.5) is 0 Å². The van der Waals surface area contributed by atoms with Gasteiger partial charge in [0, 0.05) is 13.3 Å². The summed E-state index contributed by atoms with van der Waals surface area (Å²) in [5, 5.41) is 42.0. The molecule has 0 spiro atoms. The van der Waals surface area contributed by atoms with Crippen molar-refractivity contribution in [1.82, 2.24) is 4.57 Å². The highest BCUT2D eigenvalue weighted by atomic mass is 16.6. The third-order valence-corrected chi connectivity index (χ3v) is 6.97. The summed E-state index contributed by atoms with van der Waals surface area (Å²) in [6.07, 6.45) is -4.70. The van der Waals surface area contributed by atoms with Gasteiger partial charge in [-0.3, -0.25) is 4.79 Å². The molecule has 190 valence electrons. The number of nitrogens with zero attached hydrogens (tertiary/aromatic N) is 2. The van der Waals surface area contributed by atoms with Crippen LogP contribution < -0.4 is 15.4 Å². The van der Waals surface area contributed by atoms with E-state index in [4.69, 9.17) is 10.5 Å². The second kappa shape index (κ2) is 10.2. The van der Waals surface area contributed by atoms with E-state index in [1.165, 1.54) is 4.57 Å². The second-order valence-electron chi connectivity index (χ2n) is 8.94. The van der Waals surface area contributed by atoms with Crippen LogP contribution in [0.1, 0.15) is 29.6 Å². The summed E-state index contributed by atoms with van der Waals surface area (Å²) in [6, 6.07) is 18.6. The fraction of sp³-hybridized carbons (Fsp3) is 0.346. The number of amides is 1. The molecule has 0 unspecified atom stereocenters. The highest BCUT2D eigenvalue weighted by molar-refractivity contribution is 5.90. The van der Waals surface area contributed by atoms with Crippen molar-refractivity contribution in [2.75, 3.05) is 0 Å². The third kappa shape index (κ3) is 4.40. The van der Waals surface area contributed by atoms with Gasteiger partial charge in [-0.05, 0) is 11.1 Å². The Morgan fingerprint density at radius 1 is 1.00 bits per heavy atom. The molecular weight excluding hydrogens is 466 g/mol. The molecule has 3 aromatic rings. The Balaban J connectivity index is 1.67. The minimum atomic E-state index is -1.84. The van der Waals surface area contributed by atoms with E-state index in [2.05, 4.69) is 0 Å². The number of carboxylic acids is 1. The first-order chi connectivity index (χ1) is 17.2. The van der Waals surface area contributed by atoms with Gasteiger partial charge in [0.25, 0.3) is 5.82 Å². The maximum absolute atomic E-state index is 13.0. The highest BCUT2D eigenvalue weighted by Crippen LogP contribution is 2.36. The SMILES string of the molecule is Cc1n(CCC(C(N)=O)(c2ccccc2)c2ccccc2)cc[n+]1[C@H]1O[C@H](C(=O)[O-])[C@@H](O)[C@H](O)[C@H]1O. The summed E-state index contributed by atoms with van der Waals surface area (Å²) in [5.74, 6) is -1.65. The number of rotatable bonds is 8. The van der Waals surface area contributed by atoms with Gasteiger partial charge in [-0.15, -0.1) is 0 Å². The van der Waals surface area contributed by atoms with Crippen LogP contribution in [0.25, 0.3) is 0 Å². The second-order valence-corrected chi connectivity index (χ2v) is 8.94. The van der Waals surface area contributed by atoms with Gasteiger partial charge >= 0.3 is 0 Å². The van der Waals surface area contributed by atoms with Crippen molar-refractivity contribution < 1.29 is 39.3 Å². The minimum absolute atomic E-state index is 0.308. The lowest BCUT2D eigenvalue weighted by molar-refractivity contribution is -0.781. The van der Waals surface area contributed by atoms with E-state index in [0.29, 0.717) is 18.8 Å². The van der Waals surface area contributed by atoms with Crippen molar-refractivity contribution in [3.05, 3.63) is 90.0 Å². The van der Waals surface area contributed by atoms with E-state index in [1.54, 1.807) is 19.3 Å². The number of aliphatic hydroxyl groups is 3. The van der Waals surface area contributed by atoms with Gasteiger partial charge in [-0.1, -0.05) is 60.7 Å². The van der Waals surface area contributed by atoms with E-state index in [1.807, 2.05) is 65.2 Å². The molecule has 36 heavy (non-hydrogen) atoms. The highest BCUT2D eigenvalue weighted by Gasteiger charge is 2.48. The van der Waals surface area contributed by atoms with Gasteiger partial charge in [0.2, 0.25) is 12.1 Å². The van der Waals surface area contributed by atoms with Crippen LogP contribution in [0.2, 0.25) is 0 Å². The molecule has 2 heterocycles. The topological polar surface area (TPSA) is 162 Å². The van der Waals surface area contributed by atoms with Crippen LogP contribution in [0, 0.1) is 6.92 Å². The maximum atomic E-state index is 13.0. The van der Waals surface area contributed by atoms with Gasteiger partial charge in [-0.2, -0.15) is 0 Å². The van der Waals surface area contributed by atoms with Crippen molar-refractivity contribution >= 4 is 11.9 Å². The zero-order valence-corrected chi connectivity index (χ0v) is 19.7. The number of imidazole rings is 1. The smallest absolute Gasteiger partial charge is 0.255 e. The van der Waals surface area contributed by atoms with Crippen LogP contribution in [0.3, 0.4) is 0 Å². The lowest BCUT2D eigenvalue weighted by Crippen LogP contribution is -2.65. The van der Waals surface area contributed by atoms with Crippen LogP contribution in [-0.4, -0.2) is 56.2 Å². The molecule has 0 radical (unpaired) electrons. The molecule has 5 atom stereocenters. The number of benzene rings is 2. The molecule has 1 fully saturated rings. The predicted octanol–water partition coefficient (Wildman–Crippen LogP) is -1.32. The summed E-state index contributed by atoms with van der Waals surface area (Å²) in [5.41, 5.74) is 6.41. The van der Waals surface area contributed by atoms with E-state index in [0.717, 1.165) is 11.1 Å². The van der Waals surface area contributed by atoms with E-state index in [9.17, 15) is 30.0 Å². The van der Waals surface area contributed by atoms with Gasteiger partial charge in [0.1, 0.15) is 42.2 Å². The van der Waals surface area contributed by atoms with E-state index in [-0.39, 0.29) is 0 Å². The minimum Gasteiger partial charge on any atom is -0.547 e. The standard InChI is InChI=1S/C26H29N3O7/c1-16-28(14-15-29(16)23-21(32)19(30)20(31)22(36-23)24(33)34)13-12-26(25(27)35,17-8-4-2-5-9-17)18-10-6-3-7-11-18/h2-11,14-15,19-23,30-32H,12-13H2,1H3,(H2-,27,33,34,35)/t19-,20-,21+,22-,23-/m0/s1. The Bertz CT molecular complexity index is 1180. The van der Waals surface area contributed by atoms with Crippen LogP contribution in [0.5, 0.6) is 0 Å². The molecule has 1 aliphatic heterocycles. The van der Waals surface area contributed by atoms with Crippen molar-refractivity contribution in [3.8, 4) is 0 Å². The Kier molecular flexibility index (Phi) is 7.23. The van der Waals surface area contributed by atoms with Gasteiger partial charge in [0.05, 0.1) is 12.5 Å². The Labute approximate surface area is 207 Å². The third-order valence-electron chi connectivity index (χ3n) is 6.97. The van der Waals surface area contributed by atoms with Crippen LogP contribution in [-0.2, 0) is 26.3 Å². The van der Waals surface area contributed by atoms with Gasteiger partial charge in [0.15, 0.2) is 0 Å². The predicted molar refractivity (Wildman–Crippen MR) is 124 cm³/mol. The number of carboxylic acid groups (broad SMARTS) is 1. The summed E-state index contributed by atoms with van der Waals surface area (Å²) < 4.78 is 8.67. The average molecular weight is 496 g/mol. The molecule has 2 aromatic carbocycles. The summed E-state index contributed by atoms with van der Waals surface area (Å²) in [4.78, 5) is 24.4. The zero-order valence-electron chi connectivity index (χ0n) is 19.7. The molecule has 1 saturated heterocycles. The Morgan fingerprint density at radius 2 is 1.56 bits per heavy atom. The van der Waals surface area contributed by atoms with Gasteiger partial charge < -0.3 is 35.7 Å². The van der Waals surface area contributed by atoms with Crippen LogP contribution >= 0.6 is 0 Å². The molecule has 1 amide bonds. The zero-order chi connectivity index (χ0) is 26.0. The fourth-order valence-electron chi connectivity index (χ4n) is 4.90. The molecule has 0 aliphatic carbocycles. The number of carbonyl (C=O) groups is 2. The molecule has 1 aliphatic rings. The molecular formula is C26H29N3O7. The van der Waals surface area contributed by atoms with E-state index >= 15 is 0 Å². The number of hydrogen-bond acceptors (Lipinski definition) is 7. The van der Waals surface area contributed by atoms with Crippen molar-refractivity contribution in [3.63, 3.8) is 0 Å². The lowest BCUT2D eigenvalue weighted by Gasteiger charge is -2.39.